The molecule has 11 nitrogen and oxygen atoms in total. The van der Waals surface area contributed by atoms with Crippen LogP contribution in [0.4, 0.5) is 16.6 Å². The highest BCUT2D eigenvalue weighted by atomic mass is 16.6. The van der Waals surface area contributed by atoms with E-state index in [9.17, 15) is 4.79 Å². The van der Waals surface area contributed by atoms with E-state index in [-0.39, 0.29) is 24.0 Å². The van der Waals surface area contributed by atoms with Crippen molar-refractivity contribution in [1.82, 2.24) is 19.5 Å². The number of ether oxygens (including phenoxy) is 2. The zero-order chi connectivity index (χ0) is 28.5. The van der Waals surface area contributed by atoms with Crippen molar-refractivity contribution in [2.45, 2.75) is 102 Å². The van der Waals surface area contributed by atoms with Gasteiger partial charge in [-0.1, -0.05) is 19.3 Å². The molecule has 1 amide bonds. The predicted octanol–water partition coefficient (Wildman–Crippen LogP) is 4.43. The van der Waals surface area contributed by atoms with Gasteiger partial charge >= 0.3 is 6.09 Å². The van der Waals surface area contributed by atoms with Crippen LogP contribution >= 0.6 is 0 Å². The van der Waals surface area contributed by atoms with Crippen LogP contribution in [0.5, 0.6) is 0 Å². The minimum absolute atomic E-state index is 0.0112. The van der Waals surface area contributed by atoms with E-state index in [0.717, 1.165) is 63.1 Å². The van der Waals surface area contributed by atoms with Gasteiger partial charge in [-0.25, -0.2) is 14.8 Å². The fourth-order valence-electron chi connectivity index (χ4n) is 7.15. The van der Waals surface area contributed by atoms with E-state index >= 15 is 0 Å². The van der Waals surface area contributed by atoms with Gasteiger partial charge in [0.15, 0.2) is 11.5 Å². The molecule has 4 fully saturated rings. The Balaban J connectivity index is 1.45. The van der Waals surface area contributed by atoms with Gasteiger partial charge < -0.3 is 30.0 Å². The number of nitrogens with one attached hydrogen (secondary N) is 2. The Morgan fingerprint density at radius 1 is 1.15 bits per heavy atom. The zero-order valence-electron chi connectivity index (χ0n) is 24.0. The number of imidazole rings is 1. The van der Waals surface area contributed by atoms with Crippen LogP contribution in [0.2, 0.25) is 0 Å². The number of hydrogen-bond acceptors (Lipinski definition) is 9. The summed E-state index contributed by atoms with van der Waals surface area (Å²) < 4.78 is 13.4. The first kappa shape index (κ1) is 27.8. The van der Waals surface area contributed by atoms with Crippen molar-refractivity contribution in [3.8, 4) is 12.3 Å². The highest BCUT2D eigenvalue weighted by Crippen LogP contribution is 2.38. The average Bonchev–Trinajstić information content (AvgIpc) is 3.30. The maximum Gasteiger partial charge on any atom is 0.411 e. The first-order valence-corrected chi connectivity index (χ1v) is 15.4. The lowest BCUT2D eigenvalue weighted by atomic mass is 9.80. The molecule has 3 aliphatic carbocycles. The second-order valence-electron chi connectivity index (χ2n) is 12.3. The second kappa shape index (κ2) is 11.8. The second-order valence-corrected chi connectivity index (χ2v) is 12.3. The molecule has 3 saturated carbocycles. The lowest BCUT2D eigenvalue weighted by Crippen LogP contribution is -2.53. The van der Waals surface area contributed by atoms with Crippen LogP contribution in [0, 0.1) is 35.5 Å². The third-order valence-electron chi connectivity index (χ3n) is 9.72. The average molecular weight is 563 g/mol. The van der Waals surface area contributed by atoms with Gasteiger partial charge in [-0.15, -0.1) is 12.3 Å². The molecule has 220 valence electrons. The summed E-state index contributed by atoms with van der Waals surface area (Å²) in [4.78, 5) is 28.4. The fourth-order valence-corrected chi connectivity index (χ4v) is 7.15. The van der Waals surface area contributed by atoms with Crippen molar-refractivity contribution in [2.24, 2.45) is 23.5 Å². The molecule has 11 heteroatoms. The SMILES string of the molecule is C#C[C@H]1CC[C@H](Cn2c(N3CCOC4CCCCC43)nc3nc(C(=N)OC(N)=O)nc(N[C@H](C)C4CCC4)c32)CC1. The fraction of sp³-hybridized carbons (Fsp3) is 0.700. The quantitative estimate of drug-likeness (QED) is 0.255. The molecule has 3 heterocycles. The Morgan fingerprint density at radius 3 is 2.63 bits per heavy atom. The van der Waals surface area contributed by atoms with Crippen molar-refractivity contribution < 1.29 is 14.3 Å². The molecule has 6 rings (SSSR count). The summed E-state index contributed by atoms with van der Waals surface area (Å²) in [5.41, 5.74) is 6.54. The van der Waals surface area contributed by atoms with Gasteiger partial charge in [0.1, 0.15) is 5.52 Å². The van der Waals surface area contributed by atoms with Crippen molar-refractivity contribution in [1.29, 1.82) is 5.41 Å². The molecule has 2 unspecified atom stereocenters. The Labute approximate surface area is 241 Å². The van der Waals surface area contributed by atoms with Crippen LogP contribution in [0.1, 0.15) is 83.4 Å². The van der Waals surface area contributed by atoms with Gasteiger partial charge in [0.05, 0.1) is 18.8 Å². The van der Waals surface area contributed by atoms with E-state index in [1.165, 1.54) is 32.1 Å². The topological polar surface area (TPSA) is 144 Å². The lowest BCUT2D eigenvalue weighted by molar-refractivity contribution is -0.00958. The summed E-state index contributed by atoms with van der Waals surface area (Å²) in [7, 11) is 0. The van der Waals surface area contributed by atoms with Crippen LogP contribution in [-0.2, 0) is 16.0 Å². The van der Waals surface area contributed by atoms with Crippen LogP contribution in [0.3, 0.4) is 0 Å². The molecular formula is C30H42N8O3. The molecular weight excluding hydrogens is 520 g/mol. The predicted molar refractivity (Wildman–Crippen MR) is 157 cm³/mol. The Morgan fingerprint density at radius 2 is 1.93 bits per heavy atom. The van der Waals surface area contributed by atoms with Crippen LogP contribution in [0.15, 0.2) is 0 Å². The number of morpholine rings is 1. The van der Waals surface area contributed by atoms with Crippen molar-refractivity contribution in [3.63, 3.8) is 0 Å². The minimum atomic E-state index is -1.07. The minimum Gasteiger partial charge on any atom is -0.388 e. The van der Waals surface area contributed by atoms with E-state index < -0.39 is 12.0 Å². The Hall–Kier alpha value is -3.39. The summed E-state index contributed by atoms with van der Waals surface area (Å²) in [6.45, 7) is 4.40. The number of hydrogen-bond donors (Lipinski definition) is 3. The van der Waals surface area contributed by atoms with Crippen molar-refractivity contribution in [2.75, 3.05) is 23.4 Å². The molecule has 3 atom stereocenters. The third-order valence-corrected chi connectivity index (χ3v) is 9.72. The molecule has 2 aromatic heterocycles. The monoisotopic (exact) mass is 562 g/mol. The molecule has 1 aliphatic heterocycles. The number of aromatic nitrogens is 4. The van der Waals surface area contributed by atoms with Crippen LogP contribution < -0.4 is 16.0 Å². The maximum absolute atomic E-state index is 11.4. The molecule has 0 spiro atoms. The number of rotatable bonds is 7. The summed E-state index contributed by atoms with van der Waals surface area (Å²) in [5, 5.41) is 12.0. The highest BCUT2D eigenvalue weighted by Gasteiger charge is 2.38. The Kier molecular flexibility index (Phi) is 8.02. The van der Waals surface area contributed by atoms with Crippen LogP contribution in [0.25, 0.3) is 11.2 Å². The third kappa shape index (κ3) is 5.71. The number of carbonyl (C=O) groups excluding carboxylic acids is 1. The number of carbonyl (C=O) groups is 1. The molecule has 1 saturated heterocycles. The van der Waals surface area contributed by atoms with E-state index in [4.69, 9.17) is 37.0 Å². The van der Waals surface area contributed by atoms with E-state index in [1.807, 2.05) is 0 Å². The number of terminal acetylenes is 1. The van der Waals surface area contributed by atoms with Crippen molar-refractivity contribution >= 4 is 34.9 Å². The normalized spacial score (nSPS) is 27.4. The number of primary amides is 1. The maximum atomic E-state index is 11.4. The van der Waals surface area contributed by atoms with Crippen molar-refractivity contribution in [3.05, 3.63) is 5.82 Å². The van der Waals surface area contributed by atoms with Gasteiger partial charge in [0, 0.05) is 25.0 Å². The summed E-state index contributed by atoms with van der Waals surface area (Å²) in [6, 6.07) is 0.449. The lowest BCUT2D eigenvalue weighted by Gasteiger charge is -2.44. The van der Waals surface area contributed by atoms with E-state index in [1.54, 1.807) is 0 Å². The molecule has 2 aromatic rings. The number of nitrogens with zero attached hydrogens (tertiary/aromatic N) is 5. The molecule has 41 heavy (non-hydrogen) atoms. The largest absolute Gasteiger partial charge is 0.411 e. The molecule has 0 aromatic carbocycles. The summed E-state index contributed by atoms with van der Waals surface area (Å²) in [5.74, 6) is 5.34. The highest BCUT2D eigenvalue weighted by molar-refractivity contribution is 5.98. The van der Waals surface area contributed by atoms with Gasteiger partial charge in [-0.3, -0.25) is 5.41 Å². The van der Waals surface area contributed by atoms with Gasteiger partial charge in [0.25, 0.3) is 5.90 Å². The van der Waals surface area contributed by atoms with Gasteiger partial charge in [0.2, 0.25) is 11.8 Å². The standard InChI is InChI=1S/C30H42N8O3/c1-3-19-11-13-20(14-12-19)17-38-24-26(33-18(2)21-7-6-8-21)34-28(25(31)41-29(32)39)35-27(24)36-30(38)37-15-16-40-23-10-5-4-9-22(23)37/h1,18-23,31H,4-17H2,2H3,(H2,32,39)(H,33,34,35)/t18-,19-,20-,22?,23?/m1/s1. The van der Waals surface area contributed by atoms with E-state index in [2.05, 4.69) is 32.6 Å². The summed E-state index contributed by atoms with van der Waals surface area (Å²) >= 11 is 0. The van der Waals surface area contributed by atoms with E-state index in [0.29, 0.717) is 35.8 Å². The number of amides is 1. The zero-order valence-corrected chi connectivity index (χ0v) is 24.0. The van der Waals surface area contributed by atoms with Gasteiger partial charge in [-0.05, 0) is 70.1 Å². The number of anilines is 2. The first-order valence-electron chi connectivity index (χ1n) is 15.4. The Bertz CT molecular complexity index is 1320. The molecule has 4 N–H and O–H groups in total. The molecule has 0 bridgehead atoms. The van der Waals surface area contributed by atoms with Crippen LogP contribution in [-0.4, -0.2) is 62.8 Å². The molecule has 4 aliphatic rings. The number of nitrogens with two attached hydrogens (primary N) is 1. The summed E-state index contributed by atoms with van der Waals surface area (Å²) in [6.07, 6.45) is 17.2. The number of fused-ring (bicyclic) bond motifs is 2. The van der Waals surface area contributed by atoms with Gasteiger partial charge in [-0.2, -0.15) is 4.98 Å². The smallest absolute Gasteiger partial charge is 0.388 e. The molecule has 0 radical (unpaired) electrons. The first-order chi connectivity index (χ1) is 19.9.